The number of halogens is 1. The molecule has 96 valence electrons. The van der Waals surface area contributed by atoms with Gasteiger partial charge in [-0.05, 0) is 36.8 Å². The van der Waals surface area contributed by atoms with Crippen LogP contribution in [-0.4, -0.2) is 27.5 Å². The molecule has 0 amide bonds. The highest BCUT2D eigenvalue weighted by Crippen LogP contribution is 2.18. The Hall–Kier alpha value is -1.33. The van der Waals surface area contributed by atoms with Crippen molar-refractivity contribution in [2.45, 2.75) is 19.6 Å². The molecule has 0 spiro atoms. The van der Waals surface area contributed by atoms with Crippen LogP contribution in [0.1, 0.15) is 5.56 Å². The Bertz CT molecular complexity index is 479. The molecule has 0 aliphatic heterocycles. The predicted octanol–water partition coefficient (Wildman–Crippen LogP) is 2.43. The topological polar surface area (TPSA) is 50.1 Å². The number of hydrogen-bond donors (Lipinski definition) is 2. The molecular formula is C13H16BrN3O. The van der Waals surface area contributed by atoms with Crippen LogP contribution in [0, 0.1) is 6.92 Å². The fourth-order valence-electron chi connectivity index (χ4n) is 1.76. The van der Waals surface area contributed by atoms with Gasteiger partial charge in [0.2, 0.25) is 0 Å². The maximum absolute atomic E-state index is 9.89. The number of rotatable bonds is 5. The molecule has 4 nitrogen and oxygen atoms in total. The Morgan fingerprint density at radius 1 is 1.44 bits per heavy atom. The zero-order valence-electron chi connectivity index (χ0n) is 10.2. The molecule has 1 atom stereocenters. The second-order valence-corrected chi connectivity index (χ2v) is 5.20. The summed E-state index contributed by atoms with van der Waals surface area (Å²) >= 11 is 3.45. The van der Waals surface area contributed by atoms with Gasteiger partial charge < -0.3 is 10.4 Å². The summed E-state index contributed by atoms with van der Waals surface area (Å²) in [6.45, 7) is 3.03. The van der Waals surface area contributed by atoms with Gasteiger partial charge in [-0.15, -0.1) is 0 Å². The zero-order chi connectivity index (χ0) is 13.0. The van der Waals surface area contributed by atoms with E-state index >= 15 is 0 Å². The highest BCUT2D eigenvalue weighted by Gasteiger charge is 2.05. The first-order chi connectivity index (χ1) is 8.63. The van der Waals surface area contributed by atoms with Gasteiger partial charge in [0.15, 0.2) is 0 Å². The minimum Gasteiger partial charge on any atom is -0.389 e. The largest absolute Gasteiger partial charge is 0.389 e. The number of aliphatic hydroxyl groups excluding tert-OH is 1. The van der Waals surface area contributed by atoms with Gasteiger partial charge in [0.1, 0.15) is 0 Å². The fourth-order valence-corrected chi connectivity index (χ4v) is 2.37. The van der Waals surface area contributed by atoms with Crippen LogP contribution in [0.25, 0.3) is 0 Å². The van der Waals surface area contributed by atoms with E-state index in [1.807, 2.05) is 37.4 Å². The summed E-state index contributed by atoms with van der Waals surface area (Å²) < 4.78 is 2.75. The van der Waals surface area contributed by atoms with Crippen molar-refractivity contribution in [3.63, 3.8) is 0 Å². The summed E-state index contributed by atoms with van der Waals surface area (Å²) in [5.74, 6) is 0. The summed E-state index contributed by atoms with van der Waals surface area (Å²) in [6, 6.07) is 7.93. The van der Waals surface area contributed by atoms with E-state index in [1.165, 1.54) is 5.56 Å². The monoisotopic (exact) mass is 309 g/mol. The summed E-state index contributed by atoms with van der Waals surface area (Å²) in [5, 5.41) is 17.2. The Balaban J connectivity index is 1.87. The number of aliphatic hydroxyl groups is 1. The van der Waals surface area contributed by atoms with Gasteiger partial charge in [-0.2, -0.15) is 5.10 Å². The first kappa shape index (κ1) is 13.1. The highest BCUT2D eigenvalue weighted by atomic mass is 79.9. The molecule has 0 fully saturated rings. The minimum absolute atomic E-state index is 0.468. The van der Waals surface area contributed by atoms with Crippen molar-refractivity contribution < 1.29 is 5.11 Å². The number of hydrogen-bond acceptors (Lipinski definition) is 3. The van der Waals surface area contributed by atoms with Gasteiger partial charge in [0.25, 0.3) is 0 Å². The first-order valence-corrected chi connectivity index (χ1v) is 6.59. The van der Waals surface area contributed by atoms with Crippen LogP contribution >= 0.6 is 15.9 Å². The van der Waals surface area contributed by atoms with E-state index in [1.54, 1.807) is 10.9 Å². The third kappa shape index (κ3) is 3.85. The van der Waals surface area contributed by atoms with Crippen LogP contribution in [0.5, 0.6) is 0 Å². The minimum atomic E-state index is -0.468. The number of aryl methyl sites for hydroxylation is 1. The molecule has 0 bridgehead atoms. The van der Waals surface area contributed by atoms with Crippen molar-refractivity contribution in [1.82, 2.24) is 9.78 Å². The molecule has 0 saturated heterocycles. The summed E-state index contributed by atoms with van der Waals surface area (Å²) in [5.41, 5.74) is 2.18. The van der Waals surface area contributed by atoms with Gasteiger partial charge >= 0.3 is 0 Å². The Morgan fingerprint density at radius 2 is 2.28 bits per heavy atom. The van der Waals surface area contributed by atoms with E-state index < -0.39 is 6.10 Å². The number of aromatic nitrogens is 2. The SMILES string of the molecule is Cc1cc(Br)cc(NCC(O)Cn2cccn2)c1. The van der Waals surface area contributed by atoms with Gasteiger partial charge in [-0.1, -0.05) is 15.9 Å². The lowest BCUT2D eigenvalue weighted by atomic mass is 10.2. The molecule has 2 rings (SSSR count). The van der Waals surface area contributed by atoms with Crippen molar-refractivity contribution in [1.29, 1.82) is 0 Å². The van der Waals surface area contributed by atoms with E-state index in [4.69, 9.17) is 0 Å². The fraction of sp³-hybridized carbons (Fsp3) is 0.308. The van der Waals surface area contributed by atoms with E-state index in [2.05, 4.69) is 26.3 Å². The number of anilines is 1. The lowest BCUT2D eigenvalue weighted by Gasteiger charge is -2.13. The lowest BCUT2D eigenvalue weighted by molar-refractivity contribution is 0.161. The van der Waals surface area contributed by atoms with Crippen molar-refractivity contribution >= 4 is 21.6 Å². The number of nitrogens with one attached hydrogen (secondary N) is 1. The molecule has 0 aliphatic rings. The average molecular weight is 310 g/mol. The van der Waals surface area contributed by atoms with Gasteiger partial charge in [-0.25, -0.2) is 0 Å². The smallest absolute Gasteiger partial charge is 0.0907 e. The molecule has 0 radical (unpaired) electrons. The van der Waals surface area contributed by atoms with Gasteiger partial charge in [-0.3, -0.25) is 4.68 Å². The molecule has 0 saturated carbocycles. The molecular weight excluding hydrogens is 294 g/mol. The Labute approximate surface area is 115 Å². The highest BCUT2D eigenvalue weighted by molar-refractivity contribution is 9.10. The first-order valence-electron chi connectivity index (χ1n) is 5.80. The second kappa shape index (κ2) is 6.02. The molecule has 2 aromatic rings. The predicted molar refractivity (Wildman–Crippen MR) is 75.6 cm³/mol. The quantitative estimate of drug-likeness (QED) is 0.892. The van der Waals surface area contributed by atoms with Crippen LogP contribution < -0.4 is 5.32 Å². The Kier molecular flexibility index (Phi) is 4.38. The molecule has 18 heavy (non-hydrogen) atoms. The summed E-state index contributed by atoms with van der Waals surface area (Å²) in [6.07, 6.45) is 3.08. The lowest BCUT2D eigenvalue weighted by Crippen LogP contribution is -2.25. The molecule has 1 aromatic carbocycles. The van der Waals surface area contributed by atoms with Crippen LogP contribution in [0.15, 0.2) is 41.1 Å². The zero-order valence-corrected chi connectivity index (χ0v) is 11.8. The van der Waals surface area contributed by atoms with Crippen molar-refractivity contribution in [3.8, 4) is 0 Å². The van der Waals surface area contributed by atoms with E-state index in [-0.39, 0.29) is 0 Å². The number of benzene rings is 1. The third-order valence-corrected chi connectivity index (χ3v) is 3.00. The van der Waals surface area contributed by atoms with Crippen LogP contribution in [0.2, 0.25) is 0 Å². The van der Waals surface area contributed by atoms with Crippen LogP contribution in [0.3, 0.4) is 0 Å². The van der Waals surface area contributed by atoms with Crippen LogP contribution in [0.4, 0.5) is 5.69 Å². The van der Waals surface area contributed by atoms with Gasteiger partial charge in [0, 0.05) is 29.1 Å². The summed E-state index contributed by atoms with van der Waals surface area (Å²) in [4.78, 5) is 0. The van der Waals surface area contributed by atoms with Gasteiger partial charge in [0.05, 0.1) is 12.6 Å². The molecule has 2 N–H and O–H groups in total. The standard InChI is InChI=1S/C13H16BrN3O/c1-10-5-11(14)7-12(6-10)15-8-13(18)9-17-4-2-3-16-17/h2-7,13,15,18H,8-9H2,1H3. The summed E-state index contributed by atoms with van der Waals surface area (Å²) in [7, 11) is 0. The van der Waals surface area contributed by atoms with E-state index in [9.17, 15) is 5.11 Å². The van der Waals surface area contributed by atoms with E-state index in [0.29, 0.717) is 13.1 Å². The average Bonchev–Trinajstić information content (AvgIpc) is 2.78. The van der Waals surface area contributed by atoms with Crippen molar-refractivity contribution in [2.24, 2.45) is 0 Å². The van der Waals surface area contributed by atoms with Crippen LogP contribution in [-0.2, 0) is 6.54 Å². The molecule has 5 heteroatoms. The molecule has 1 heterocycles. The Morgan fingerprint density at radius 3 is 2.94 bits per heavy atom. The molecule has 0 aliphatic carbocycles. The number of nitrogens with zero attached hydrogens (tertiary/aromatic N) is 2. The van der Waals surface area contributed by atoms with Crippen molar-refractivity contribution in [2.75, 3.05) is 11.9 Å². The van der Waals surface area contributed by atoms with Crippen molar-refractivity contribution in [3.05, 3.63) is 46.7 Å². The molecule has 1 aromatic heterocycles. The second-order valence-electron chi connectivity index (χ2n) is 4.28. The normalized spacial score (nSPS) is 12.4. The molecule has 1 unspecified atom stereocenters. The van der Waals surface area contributed by atoms with E-state index in [0.717, 1.165) is 10.2 Å². The third-order valence-electron chi connectivity index (χ3n) is 2.54. The maximum Gasteiger partial charge on any atom is 0.0907 e. The maximum atomic E-state index is 9.89.